The van der Waals surface area contributed by atoms with E-state index in [0.29, 0.717) is 32.2 Å². The maximum absolute atomic E-state index is 12.2. The lowest BCUT2D eigenvalue weighted by Crippen LogP contribution is -2.36. The van der Waals surface area contributed by atoms with E-state index in [2.05, 4.69) is 4.98 Å². The fourth-order valence-corrected chi connectivity index (χ4v) is 2.76. The smallest absolute Gasteiger partial charge is 0.410 e. The zero-order chi connectivity index (χ0) is 15.4. The zero-order valence-corrected chi connectivity index (χ0v) is 12.9. The first-order valence-electron chi connectivity index (χ1n) is 7.84. The molecular formula is C16H22N2O4. The SMILES string of the molecule is Cc1cccc(O[C@H]2CCN(C(=O)OC3CCOCC3)C2)n1. The first-order valence-corrected chi connectivity index (χ1v) is 7.84. The molecule has 0 bridgehead atoms. The summed E-state index contributed by atoms with van der Waals surface area (Å²) < 4.78 is 16.6. The van der Waals surface area contributed by atoms with E-state index in [1.165, 1.54) is 0 Å². The van der Waals surface area contributed by atoms with Crippen LogP contribution in [0.1, 0.15) is 25.0 Å². The monoisotopic (exact) mass is 306 g/mol. The van der Waals surface area contributed by atoms with E-state index >= 15 is 0 Å². The van der Waals surface area contributed by atoms with E-state index in [1.807, 2.05) is 25.1 Å². The van der Waals surface area contributed by atoms with Crippen molar-refractivity contribution in [3.05, 3.63) is 23.9 Å². The Morgan fingerprint density at radius 3 is 2.86 bits per heavy atom. The Hall–Kier alpha value is -1.82. The van der Waals surface area contributed by atoms with Gasteiger partial charge in [0.1, 0.15) is 12.2 Å². The Kier molecular flexibility index (Phi) is 4.77. The summed E-state index contributed by atoms with van der Waals surface area (Å²) in [5.41, 5.74) is 0.922. The number of pyridine rings is 1. The van der Waals surface area contributed by atoms with Crippen molar-refractivity contribution in [1.82, 2.24) is 9.88 Å². The van der Waals surface area contributed by atoms with Crippen molar-refractivity contribution in [1.29, 1.82) is 0 Å². The molecule has 120 valence electrons. The fraction of sp³-hybridized carbons (Fsp3) is 0.625. The molecule has 3 rings (SSSR count). The van der Waals surface area contributed by atoms with Crippen molar-refractivity contribution in [3.8, 4) is 5.88 Å². The van der Waals surface area contributed by atoms with Crippen LogP contribution in [-0.4, -0.2) is 54.5 Å². The molecule has 0 spiro atoms. The van der Waals surface area contributed by atoms with E-state index in [1.54, 1.807) is 4.90 Å². The highest BCUT2D eigenvalue weighted by Crippen LogP contribution is 2.19. The molecule has 2 fully saturated rings. The minimum absolute atomic E-state index is 0.0142. The van der Waals surface area contributed by atoms with Gasteiger partial charge in [0.25, 0.3) is 0 Å². The van der Waals surface area contributed by atoms with Gasteiger partial charge in [-0.15, -0.1) is 0 Å². The third kappa shape index (κ3) is 3.88. The fourth-order valence-electron chi connectivity index (χ4n) is 2.76. The molecule has 22 heavy (non-hydrogen) atoms. The second kappa shape index (κ2) is 6.96. The standard InChI is InChI=1S/C16H22N2O4/c1-12-3-2-4-15(17-12)21-14-5-8-18(11-14)16(19)22-13-6-9-20-10-7-13/h2-4,13-14H,5-11H2,1H3/t14-/m0/s1. The first-order chi connectivity index (χ1) is 10.7. The molecule has 2 aliphatic rings. The molecule has 1 amide bonds. The molecule has 0 saturated carbocycles. The van der Waals surface area contributed by atoms with Gasteiger partial charge in [-0.25, -0.2) is 9.78 Å². The van der Waals surface area contributed by atoms with Gasteiger partial charge in [-0.2, -0.15) is 0 Å². The topological polar surface area (TPSA) is 60.9 Å². The molecule has 0 aromatic carbocycles. The highest BCUT2D eigenvalue weighted by molar-refractivity contribution is 5.68. The highest BCUT2D eigenvalue weighted by Gasteiger charge is 2.30. The van der Waals surface area contributed by atoms with Crippen LogP contribution in [0, 0.1) is 6.92 Å². The van der Waals surface area contributed by atoms with Crippen molar-refractivity contribution in [2.24, 2.45) is 0 Å². The number of hydrogen-bond acceptors (Lipinski definition) is 5. The van der Waals surface area contributed by atoms with Crippen LogP contribution >= 0.6 is 0 Å². The first kappa shape index (κ1) is 15.1. The molecule has 1 aromatic heterocycles. The average molecular weight is 306 g/mol. The Balaban J connectivity index is 1.48. The van der Waals surface area contributed by atoms with Crippen LogP contribution in [0.2, 0.25) is 0 Å². The van der Waals surface area contributed by atoms with Crippen LogP contribution in [-0.2, 0) is 9.47 Å². The van der Waals surface area contributed by atoms with Crippen molar-refractivity contribution in [3.63, 3.8) is 0 Å². The maximum atomic E-state index is 12.2. The Morgan fingerprint density at radius 1 is 1.27 bits per heavy atom. The number of carbonyl (C=O) groups is 1. The third-order valence-corrected chi connectivity index (χ3v) is 3.99. The van der Waals surface area contributed by atoms with E-state index in [9.17, 15) is 4.79 Å². The van der Waals surface area contributed by atoms with Gasteiger partial charge in [0.05, 0.1) is 19.8 Å². The predicted molar refractivity (Wildman–Crippen MR) is 79.9 cm³/mol. The van der Waals surface area contributed by atoms with Crippen molar-refractivity contribution in [2.75, 3.05) is 26.3 Å². The number of rotatable bonds is 3. The van der Waals surface area contributed by atoms with Crippen LogP contribution in [0.25, 0.3) is 0 Å². The van der Waals surface area contributed by atoms with Crippen molar-refractivity contribution >= 4 is 6.09 Å². The number of likely N-dealkylation sites (tertiary alicyclic amines) is 1. The number of amides is 1. The van der Waals surface area contributed by atoms with E-state index < -0.39 is 0 Å². The zero-order valence-electron chi connectivity index (χ0n) is 12.9. The molecule has 0 radical (unpaired) electrons. The molecule has 1 atom stereocenters. The number of aromatic nitrogens is 1. The summed E-state index contributed by atoms with van der Waals surface area (Å²) in [6.07, 6.45) is 2.10. The second-order valence-electron chi connectivity index (χ2n) is 5.79. The van der Waals surface area contributed by atoms with Gasteiger partial charge >= 0.3 is 6.09 Å². The summed E-state index contributed by atoms with van der Waals surface area (Å²) in [6, 6.07) is 5.69. The minimum atomic E-state index is -0.241. The molecule has 0 unspecified atom stereocenters. The molecule has 6 heteroatoms. The highest BCUT2D eigenvalue weighted by atomic mass is 16.6. The van der Waals surface area contributed by atoms with Gasteiger partial charge in [0.15, 0.2) is 0 Å². The second-order valence-corrected chi connectivity index (χ2v) is 5.79. The van der Waals surface area contributed by atoms with E-state index in [0.717, 1.165) is 25.0 Å². The number of nitrogens with zero attached hydrogens (tertiary/aromatic N) is 2. The summed E-state index contributed by atoms with van der Waals surface area (Å²) in [5, 5.41) is 0. The number of ether oxygens (including phenoxy) is 3. The molecule has 0 N–H and O–H groups in total. The predicted octanol–water partition coefficient (Wildman–Crippen LogP) is 2.16. The van der Waals surface area contributed by atoms with Crippen LogP contribution in [0.4, 0.5) is 4.79 Å². The Morgan fingerprint density at radius 2 is 2.09 bits per heavy atom. The normalized spacial score (nSPS) is 22.6. The van der Waals surface area contributed by atoms with Gasteiger partial charge in [0, 0.05) is 37.6 Å². The van der Waals surface area contributed by atoms with Crippen LogP contribution < -0.4 is 4.74 Å². The van der Waals surface area contributed by atoms with Gasteiger partial charge in [-0.05, 0) is 13.0 Å². The van der Waals surface area contributed by atoms with Crippen molar-refractivity contribution in [2.45, 2.75) is 38.4 Å². The van der Waals surface area contributed by atoms with Gasteiger partial charge in [-0.1, -0.05) is 6.07 Å². The molecule has 2 aliphatic heterocycles. The molecule has 6 nitrogen and oxygen atoms in total. The van der Waals surface area contributed by atoms with Crippen LogP contribution in [0.3, 0.4) is 0 Å². The largest absolute Gasteiger partial charge is 0.472 e. The van der Waals surface area contributed by atoms with Crippen molar-refractivity contribution < 1.29 is 19.0 Å². The van der Waals surface area contributed by atoms with E-state index in [-0.39, 0.29) is 18.3 Å². The number of hydrogen-bond donors (Lipinski definition) is 0. The summed E-state index contributed by atoms with van der Waals surface area (Å²) in [4.78, 5) is 18.2. The minimum Gasteiger partial charge on any atom is -0.472 e. The number of carbonyl (C=O) groups excluding carboxylic acids is 1. The van der Waals surface area contributed by atoms with E-state index in [4.69, 9.17) is 14.2 Å². The summed E-state index contributed by atoms with van der Waals surface area (Å²) in [6.45, 7) is 4.49. The molecule has 3 heterocycles. The van der Waals surface area contributed by atoms with Gasteiger partial charge in [-0.3, -0.25) is 0 Å². The third-order valence-electron chi connectivity index (χ3n) is 3.99. The number of aryl methyl sites for hydroxylation is 1. The molecular weight excluding hydrogens is 284 g/mol. The van der Waals surface area contributed by atoms with Crippen LogP contribution in [0.5, 0.6) is 5.88 Å². The van der Waals surface area contributed by atoms with Crippen LogP contribution in [0.15, 0.2) is 18.2 Å². The maximum Gasteiger partial charge on any atom is 0.410 e. The molecule has 1 aromatic rings. The Bertz CT molecular complexity index is 517. The quantitative estimate of drug-likeness (QED) is 0.856. The summed E-state index contributed by atoms with van der Waals surface area (Å²) in [7, 11) is 0. The lowest BCUT2D eigenvalue weighted by atomic mass is 10.2. The van der Waals surface area contributed by atoms with Gasteiger partial charge in [0.2, 0.25) is 5.88 Å². The van der Waals surface area contributed by atoms with Gasteiger partial charge < -0.3 is 19.1 Å². The lowest BCUT2D eigenvalue weighted by molar-refractivity contribution is -0.00898. The lowest BCUT2D eigenvalue weighted by Gasteiger charge is -2.25. The average Bonchev–Trinajstić information content (AvgIpc) is 2.97. The Labute approximate surface area is 130 Å². The molecule has 2 saturated heterocycles. The summed E-state index contributed by atoms with van der Waals surface area (Å²) >= 11 is 0. The molecule has 0 aliphatic carbocycles. The summed E-state index contributed by atoms with van der Waals surface area (Å²) in [5.74, 6) is 0.615.